The van der Waals surface area contributed by atoms with Gasteiger partial charge in [0.25, 0.3) is 0 Å². The lowest BCUT2D eigenvalue weighted by molar-refractivity contribution is 0.120. The lowest BCUT2D eigenvalue weighted by atomic mass is 10.0. The summed E-state index contributed by atoms with van der Waals surface area (Å²) in [6, 6.07) is 18.7. The largest absolute Gasteiger partial charge is 0.473 e. The quantitative estimate of drug-likeness (QED) is 0.565. The maximum atomic E-state index is 12.2. The Bertz CT molecular complexity index is 561. The Morgan fingerprint density at radius 1 is 1.00 bits per heavy atom. The highest BCUT2D eigenvalue weighted by Crippen LogP contribution is 2.49. The van der Waals surface area contributed by atoms with Crippen LogP contribution in [-0.2, 0) is 13.6 Å². The molecule has 1 N–H and O–H groups in total. The van der Waals surface area contributed by atoms with Crippen LogP contribution >= 0.6 is 7.82 Å². The molecule has 22 heavy (non-hydrogen) atoms. The van der Waals surface area contributed by atoms with E-state index in [4.69, 9.17) is 9.05 Å². The van der Waals surface area contributed by atoms with Crippen molar-refractivity contribution in [3.63, 3.8) is 0 Å². The van der Waals surface area contributed by atoms with Crippen LogP contribution < -0.4 is 0 Å². The highest BCUT2D eigenvalue weighted by Gasteiger charge is 2.28. The van der Waals surface area contributed by atoms with E-state index in [1.165, 1.54) is 0 Å². The monoisotopic (exact) mass is 320 g/mol. The molecule has 0 aliphatic carbocycles. The fraction of sp³-hybridized carbons (Fsp3) is 0.294. The molecule has 4 nitrogen and oxygen atoms in total. The van der Waals surface area contributed by atoms with Crippen LogP contribution in [0.4, 0.5) is 0 Å². The molecule has 0 fully saturated rings. The van der Waals surface area contributed by atoms with Gasteiger partial charge in [0.2, 0.25) is 0 Å². The first-order valence-electron chi connectivity index (χ1n) is 7.38. The lowest BCUT2D eigenvalue weighted by Gasteiger charge is -2.21. The predicted molar refractivity (Wildman–Crippen MR) is 86.5 cm³/mol. The number of hydrogen-bond donors (Lipinski definition) is 1. The molecule has 2 rings (SSSR count). The van der Waals surface area contributed by atoms with Crippen LogP contribution in [0.1, 0.15) is 37.0 Å². The molecule has 0 aliphatic heterocycles. The van der Waals surface area contributed by atoms with Gasteiger partial charge in [0.05, 0.1) is 6.61 Å². The van der Waals surface area contributed by atoms with Gasteiger partial charge in [-0.15, -0.1) is 0 Å². The van der Waals surface area contributed by atoms with Crippen molar-refractivity contribution in [2.45, 2.75) is 25.9 Å². The van der Waals surface area contributed by atoms with Crippen molar-refractivity contribution in [1.82, 2.24) is 0 Å². The topological polar surface area (TPSA) is 55.8 Å². The van der Waals surface area contributed by atoms with E-state index in [1.807, 2.05) is 67.6 Å². The molecule has 0 heterocycles. The van der Waals surface area contributed by atoms with Crippen molar-refractivity contribution in [1.29, 1.82) is 0 Å². The minimum atomic E-state index is -4.11. The van der Waals surface area contributed by atoms with E-state index >= 15 is 0 Å². The molecular formula is C17H21O4P. The van der Waals surface area contributed by atoms with Gasteiger partial charge in [-0.2, -0.15) is 0 Å². The maximum absolute atomic E-state index is 12.2. The number of unbranched alkanes of at least 4 members (excludes halogenated alkanes) is 1. The minimum absolute atomic E-state index is 0.209. The molecular weight excluding hydrogens is 299 g/mol. The molecule has 0 bridgehead atoms. The predicted octanol–water partition coefficient (Wildman–Crippen LogP) is 4.71. The van der Waals surface area contributed by atoms with Gasteiger partial charge in [-0.25, -0.2) is 4.57 Å². The van der Waals surface area contributed by atoms with Crippen LogP contribution in [0.25, 0.3) is 0 Å². The van der Waals surface area contributed by atoms with Crippen LogP contribution in [0.15, 0.2) is 60.7 Å². The van der Waals surface area contributed by atoms with E-state index in [1.54, 1.807) is 0 Å². The number of benzene rings is 2. The van der Waals surface area contributed by atoms with Gasteiger partial charge < -0.3 is 4.89 Å². The van der Waals surface area contributed by atoms with Gasteiger partial charge in [-0.1, -0.05) is 74.0 Å². The van der Waals surface area contributed by atoms with E-state index in [2.05, 4.69) is 0 Å². The molecule has 2 aromatic rings. The molecule has 118 valence electrons. The summed E-state index contributed by atoms with van der Waals surface area (Å²) in [6.07, 6.45) is 0.968. The van der Waals surface area contributed by atoms with E-state index in [9.17, 15) is 9.46 Å². The van der Waals surface area contributed by atoms with Gasteiger partial charge in [0.15, 0.2) is 0 Å². The second kappa shape index (κ2) is 8.25. The molecule has 0 spiro atoms. The van der Waals surface area contributed by atoms with E-state index < -0.39 is 13.9 Å². The lowest BCUT2D eigenvalue weighted by Crippen LogP contribution is -2.07. The summed E-state index contributed by atoms with van der Waals surface area (Å²) in [7, 11) is -4.11. The zero-order valence-corrected chi connectivity index (χ0v) is 13.5. The second-order valence-electron chi connectivity index (χ2n) is 4.96. The number of rotatable bonds is 8. The standard InChI is InChI=1S/C17H21O4P/c1-2-3-14-20-22(18,19)21-17(15-10-6-4-7-11-15)16-12-8-5-9-13-16/h4-13,17H,2-3,14H2,1H3,(H,18,19). The summed E-state index contributed by atoms with van der Waals surface area (Å²) in [4.78, 5) is 9.95. The van der Waals surface area contributed by atoms with E-state index in [0.717, 1.165) is 24.0 Å². The fourth-order valence-electron chi connectivity index (χ4n) is 2.06. The number of hydrogen-bond acceptors (Lipinski definition) is 3. The third kappa shape index (κ3) is 5.08. The summed E-state index contributed by atoms with van der Waals surface area (Å²) in [5.74, 6) is 0. The first-order chi connectivity index (χ1) is 10.6. The number of phosphoric ester groups is 1. The molecule has 2 aromatic carbocycles. The average molecular weight is 320 g/mol. The Morgan fingerprint density at radius 3 is 1.95 bits per heavy atom. The minimum Gasteiger partial charge on any atom is -0.302 e. The molecule has 1 atom stereocenters. The molecule has 0 aliphatic rings. The highest BCUT2D eigenvalue weighted by atomic mass is 31.2. The highest BCUT2D eigenvalue weighted by molar-refractivity contribution is 7.47. The molecule has 1 unspecified atom stereocenters. The summed E-state index contributed by atoms with van der Waals surface area (Å²) < 4.78 is 22.6. The Hall–Kier alpha value is -1.45. The summed E-state index contributed by atoms with van der Waals surface area (Å²) in [6.45, 7) is 2.20. The Kier molecular flexibility index (Phi) is 6.34. The van der Waals surface area contributed by atoms with Gasteiger partial charge in [0, 0.05) is 0 Å². The van der Waals surface area contributed by atoms with Crippen molar-refractivity contribution in [3.8, 4) is 0 Å². The molecule has 0 amide bonds. The zero-order chi connectivity index (χ0) is 15.8. The van der Waals surface area contributed by atoms with E-state index in [0.29, 0.717) is 0 Å². The van der Waals surface area contributed by atoms with Crippen molar-refractivity contribution < 1.29 is 18.5 Å². The zero-order valence-electron chi connectivity index (χ0n) is 12.6. The fourth-order valence-corrected chi connectivity index (χ4v) is 2.99. The molecule has 0 radical (unpaired) electrons. The summed E-state index contributed by atoms with van der Waals surface area (Å²) in [5.41, 5.74) is 1.61. The number of phosphoric acid groups is 1. The first-order valence-corrected chi connectivity index (χ1v) is 8.87. The smallest absolute Gasteiger partial charge is 0.302 e. The molecule has 0 saturated carbocycles. The maximum Gasteiger partial charge on any atom is 0.473 e. The van der Waals surface area contributed by atoms with Crippen molar-refractivity contribution in [2.24, 2.45) is 0 Å². The SMILES string of the molecule is CCCCOP(=O)(O)OC(c1ccccc1)c1ccccc1. The average Bonchev–Trinajstić information content (AvgIpc) is 2.54. The van der Waals surface area contributed by atoms with Crippen molar-refractivity contribution in [2.75, 3.05) is 6.61 Å². The summed E-state index contributed by atoms with van der Waals surface area (Å²) in [5, 5.41) is 0. The third-order valence-electron chi connectivity index (χ3n) is 3.20. The van der Waals surface area contributed by atoms with Crippen molar-refractivity contribution in [3.05, 3.63) is 71.8 Å². The van der Waals surface area contributed by atoms with Crippen LogP contribution in [0.2, 0.25) is 0 Å². The van der Waals surface area contributed by atoms with Crippen molar-refractivity contribution >= 4 is 7.82 Å². The van der Waals surface area contributed by atoms with Crippen LogP contribution in [0.5, 0.6) is 0 Å². The van der Waals surface area contributed by atoms with Gasteiger partial charge in [-0.3, -0.25) is 9.05 Å². The van der Waals surface area contributed by atoms with Crippen LogP contribution in [0.3, 0.4) is 0 Å². The van der Waals surface area contributed by atoms with E-state index in [-0.39, 0.29) is 6.61 Å². The van der Waals surface area contributed by atoms with Gasteiger partial charge >= 0.3 is 7.82 Å². The first kappa shape index (κ1) is 16.9. The molecule has 0 saturated heterocycles. The normalized spacial score (nSPS) is 14.0. The van der Waals surface area contributed by atoms with Crippen LogP contribution in [-0.4, -0.2) is 11.5 Å². The third-order valence-corrected chi connectivity index (χ3v) is 4.18. The molecule has 5 heteroatoms. The second-order valence-corrected chi connectivity index (χ2v) is 6.37. The van der Waals surface area contributed by atoms with Crippen LogP contribution in [0, 0.1) is 0 Å². The van der Waals surface area contributed by atoms with Gasteiger partial charge in [-0.05, 0) is 17.5 Å². The Labute approximate surface area is 131 Å². The molecule has 0 aromatic heterocycles. The Morgan fingerprint density at radius 2 is 1.50 bits per heavy atom. The summed E-state index contributed by atoms with van der Waals surface area (Å²) >= 11 is 0. The Balaban J connectivity index is 2.21. The van der Waals surface area contributed by atoms with Gasteiger partial charge in [0.1, 0.15) is 6.10 Å².